The lowest BCUT2D eigenvalue weighted by Gasteiger charge is -2.29. The third kappa shape index (κ3) is 5.74. The molecular formula is C19H26N4O3. The fourth-order valence-corrected chi connectivity index (χ4v) is 2.79. The Labute approximate surface area is 154 Å². The molecule has 1 aliphatic heterocycles. The Kier molecular flexibility index (Phi) is 7.42. The van der Waals surface area contributed by atoms with Crippen molar-refractivity contribution in [2.75, 3.05) is 26.3 Å². The first-order valence-corrected chi connectivity index (χ1v) is 8.89. The Morgan fingerprint density at radius 3 is 2.42 bits per heavy atom. The van der Waals surface area contributed by atoms with Gasteiger partial charge in [0, 0.05) is 13.1 Å². The van der Waals surface area contributed by atoms with Crippen LogP contribution in [-0.2, 0) is 9.53 Å². The minimum absolute atomic E-state index is 0.216. The fraction of sp³-hybridized carbons (Fsp3) is 0.526. The van der Waals surface area contributed by atoms with E-state index in [1.165, 1.54) is 0 Å². The molecular weight excluding hydrogens is 332 g/mol. The second-order valence-corrected chi connectivity index (χ2v) is 6.71. The smallest absolute Gasteiger partial charge is 0.318 e. The van der Waals surface area contributed by atoms with Crippen LogP contribution in [0.5, 0.6) is 0 Å². The van der Waals surface area contributed by atoms with Crippen LogP contribution in [-0.4, -0.2) is 49.2 Å². The predicted molar refractivity (Wildman–Crippen MR) is 97.1 cm³/mol. The summed E-state index contributed by atoms with van der Waals surface area (Å²) in [6, 6.07) is 9.45. The van der Waals surface area contributed by atoms with E-state index in [1.54, 1.807) is 17.0 Å². The first kappa shape index (κ1) is 19.7. The number of amides is 3. The second kappa shape index (κ2) is 9.78. The molecule has 1 aromatic carbocycles. The molecule has 7 heteroatoms. The lowest BCUT2D eigenvalue weighted by molar-refractivity contribution is -0.123. The topological polar surface area (TPSA) is 94.5 Å². The molecule has 26 heavy (non-hydrogen) atoms. The van der Waals surface area contributed by atoms with E-state index in [2.05, 4.69) is 16.7 Å². The highest BCUT2D eigenvalue weighted by Crippen LogP contribution is 2.13. The van der Waals surface area contributed by atoms with Gasteiger partial charge in [0.25, 0.3) is 0 Å². The molecule has 0 bridgehead atoms. The van der Waals surface area contributed by atoms with Gasteiger partial charge in [0.1, 0.15) is 12.1 Å². The van der Waals surface area contributed by atoms with Gasteiger partial charge in [-0.3, -0.25) is 4.79 Å². The molecule has 1 unspecified atom stereocenters. The van der Waals surface area contributed by atoms with E-state index in [9.17, 15) is 14.9 Å². The summed E-state index contributed by atoms with van der Waals surface area (Å²) in [4.78, 5) is 26.8. The number of morpholine rings is 1. The van der Waals surface area contributed by atoms with Gasteiger partial charge in [0.2, 0.25) is 5.91 Å². The van der Waals surface area contributed by atoms with Crippen molar-refractivity contribution < 1.29 is 14.3 Å². The van der Waals surface area contributed by atoms with Crippen LogP contribution in [0.3, 0.4) is 0 Å². The third-order valence-electron chi connectivity index (χ3n) is 4.17. The van der Waals surface area contributed by atoms with Crippen molar-refractivity contribution in [2.24, 2.45) is 5.92 Å². The summed E-state index contributed by atoms with van der Waals surface area (Å²) in [5.74, 6) is -0.135. The van der Waals surface area contributed by atoms with Crippen LogP contribution < -0.4 is 10.6 Å². The first-order valence-electron chi connectivity index (χ1n) is 8.89. The first-order chi connectivity index (χ1) is 12.5. The molecule has 1 aliphatic rings. The fourth-order valence-electron chi connectivity index (χ4n) is 2.79. The summed E-state index contributed by atoms with van der Waals surface area (Å²) in [7, 11) is 0. The molecule has 0 radical (unpaired) electrons. The summed E-state index contributed by atoms with van der Waals surface area (Å²) < 4.78 is 5.25. The van der Waals surface area contributed by atoms with Gasteiger partial charge in [0.05, 0.1) is 19.3 Å². The molecule has 140 valence electrons. The maximum absolute atomic E-state index is 12.7. The van der Waals surface area contributed by atoms with E-state index in [4.69, 9.17) is 4.74 Å². The lowest BCUT2D eigenvalue weighted by atomic mass is 10.0. The Morgan fingerprint density at radius 2 is 1.85 bits per heavy atom. The molecule has 7 nitrogen and oxygen atoms in total. The average molecular weight is 358 g/mol. The lowest BCUT2D eigenvalue weighted by Crippen LogP contribution is -2.54. The molecule has 2 N–H and O–H groups in total. The van der Waals surface area contributed by atoms with Crippen LogP contribution in [0.4, 0.5) is 4.79 Å². The zero-order valence-corrected chi connectivity index (χ0v) is 15.3. The minimum atomic E-state index is -0.751. The molecule has 1 heterocycles. The molecule has 1 fully saturated rings. The number of ether oxygens (including phenoxy) is 1. The Hall–Kier alpha value is -2.59. The van der Waals surface area contributed by atoms with Gasteiger partial charge in [0.15, 0.2) is 0 Å². The van der Waals surface area contributed by atoms with Crippen molar-refractivity contribution in [2.45, 2.75) is 32.4 Å². The van der Waals surface area contributed by atoms with Gasteiger partial charge in [-0.05, 0) is 17.9 Å². The van der Waals surface area contributed by atoms with Crippen LogP contribution in [0.2, 0.25) is 0 Å². The van der Waals surface area contributed by atoms with Gasteiger partial charge < -0.3 is 20.3 Å². The number of carbonyl (C=O) groups is 2. The Morgan fingerprint density at radius 1 is 1.19 bits per heavy atom. The van der Waals surface area contributed by atoms with E-state index < -0.39 is 12.1 Å². The molecule has 3 amide bonds. The molecule has 1 aromatic rings. The molecule has 0 aromatic heterocycles. The van der Waals surface area contributed by atoms with Crippen molar-refractivity contribution in [1.29, 1.82) is 5.26 Å². The van der Waals surface area contributed by atoms with Crippen molar-refractivity contribution in [3.05, 3.63) is 35.9 Å². The number of nitriles is 1. The van der Waals surface area contributed by atoms with Crippen molar-refractivity contribution in [1.82, 2.24) is 15.5 Å². The van der Waals surface area contributed by atoms with E-state index in [1.807, 2.05) is 32.0 Å². The molecule has 0 spiro atoms. The van der Waals surface area contributed by atoms with E-state index in [0.29, 0.717) is 38.3 Å². The maximum Gasteiger partial charge on any atom is 0.318 e. The maximum atomic E-state index is 12.7. The highest BCUT2D eigenvalue weighted by atomic mass is 16.5. The minimum Gasteiger partial charge on any atom is -0.378 e. The highest BCUT2D eigenvalue weighted by molar-refractivity contribution is 5.87. The average Bonchev–Trinajstić information content (AvgIpc) is 2.66. The second-order valence-electron chi connectivity index (χ2n) is 6.71. The monoisotopic (exact) mass is 358 g/mol. The van der Waals surface area contributed by atoms with Crippen LogP contribution in [0.15, 0.2) is 30.3 Å². The summed E-state index contributed by atoms with van der Waals surface area (Å²) in [6.45, 7) is 5.98. The zero-order valence-electron chi connectivity index (χ0n) is 15.3. The number of hydrogen-bond donors (Lipinski definition) is 2. The number of urea groups is 1. The summed E-state index contributed by atoms with van der Waals surface area (Å²) in [5, 5.41) is 15.0. The van der Waals surface area contributed by atoms with Gasteiger partial charge in [-0.15, -0.1) is 0 Å². The van der Waals surface area contributed by atoms with Crippen LogP contribution in [0.25, 0.3) is 0 Å². The number of hydrogen-bond acceptors (Lipinski definition) is 4. The van der Waals surface area contributed by atoms with Gasteiger partial charge in [-0.2, -0.15) is 5.26 Å². The quantitative estimate of drug-likeness (QED) is 0.811. The SMILES string of the molecule is CC(C)C[C@H](NC(=O)N1CCOCC1)C(=O)NC(C#N)c1ccccc1. The van der Waals surface area contributed by atoms with Crippen molar-refractivity contribution >= 4 is 11.9 Å². The molecule has 2 atom stereocenters. The van der Waals surface area contributed by atoms with Crippen LogP contribution in [0.1, 0.15) is 31.9 Å². The number of benzene rings is 1. The Balaban J connectivity index is 2.03. The summed E-state index contributed by atoms with van der Waals surface area (Å²) in [6.07, 6.45) is 0.495. The van der Waals surface area contributed by atoms with Gasteiger partial charge in [-0.25, -0.2) is 4.79 Å². The number of carbonyl (C=O) groups excluding carboxylic acids is 2. The third-order valence-corrected chi connectivity index (χ3v) is 4.17. The summed E-state index contributed by atoms with van der Waals surface area (Å²) in [5.41, 5.74) is 0.714. The van der Waals surface area contributed by atoms with Crippen molar-refractivity contribution in [3.63, 3.8) is 0 Å². The van der Waals surface area contributed by atoms with Gasteiger partial charge in [-0.1, -0.05) is 44.2 Å². The highest BCUT2D eigenvalue weighted by Gasteiger charge is 2.27. The largest absolute Gasteiger partial charge is 0.378 e. The Bertz CT molecular complexity index is 636. The van der Waals surface area contributed by atoms with E-state index >= 15 is 0 Å². The number of nitrogens with zero attached hydrogens (tertiary/aromatic N) is 2. The van der Waals surface area contributed by atoms with E-state index in [-0.39, 0.29) is 17.9 Å². The molecule has 2 rings (SSSR count). The zero-order chi connectivity index (χ0) is 18.9. The standard InChI is InChI=1S/C19H26N4O3/c1-14(2)12-16(22-19(25)23-8-10-26-11-9-23)18(24)21-17(13-20)15-6-4-3-5-7-15/h3-7,14,16-17H,8-12H2,1-2H3,(H,21,24)(H,22,25)/t16-,17?/m0/s1. The van der Waals surface area contributed by atoms with E-state index in [0.717, 1.165) is 0 Å². The normalized spacial score (nSPS) is 16.5. The van der Waals surface area contributed by atoms with Crippen LogP contribution >= 0.6 is 0 Å². The van der Waals surface area contributed by atoms with Crippen LogP contribution in [0, 0.1) is 17.2 Å². The van der Waals surface area contributed by atoms with Gasteiger partial charge >= 0.3 is 6.03 Å². The predicted octanol–water partition coefficient (Wildman–Crippen LogP) is 1.82. The molecule has 0 aliphatic carbocycles. The molecule has 1 saturated heterocycles. The summed E-state index contributed by atoms with van der Waals surface area (Å²) >= 11 is 0. The number of rotatable bonds is 6. The van der Waals surface area contributed by atoms with Crippen molar-refractivity contribution in [3.8, 4) is 6.07 Å². The molecule has 0 saturated carbocycles. The number of nitrogens with one attached hydrogen (secondary N) is 2.